The zero-order chi connectivity index (χ0) is 17.5. The molecule has 1 amide bonds. The van der Waals surface area contributed by atoms with E-state index in [4.69, 9.17) is 9.47 Å². The predicted octanol–water partition coefficient (Wildman–Crippen LogP) is 3.62. The fraction of sp³-hybridized carbons (Fsp3) is 0.235. The van der Waals surface area contributed by atoms with Crippen LogP contribution in [-0.4, -0.2) is 26.2 Å². The van der Waals surface area contributed by atoms with Gasteiger partial charge in [0.05, 0.1) is 7.11 Å². The van der Waals surface area contributed by atoms with E-state index >= 15 is 0 Å². The Balaban J connectivity index is 1.98. The third-order valence-electron chi connectivity index (χ3n) is 3.02. The molecule has 5 nitrogen and oxygen atoms in total. The molecule has 0 saturated carbocycles. The summed E-state index contributed by atoms with van der Waals surface area (Å²) in [5, 5.41) is 2.55. The molecule has 0 saturated heterocycles. The van der Waals surface area contributed by atoms with Gasteiger partial charge >= 0.3 is 6.61 Å². The number of aryl methyl sites for hydroxylation is 1. The molecule has 0 aliphatic heterocycles. The highest BCUT2D eigenvalue weighted by Crippen LogP contribution is 2.31. The summed E-state index contributed by atoms with van der Waals surface area (Å²) in [6.07, 6.45) is 0. The average molecular weight is 337 g/mol. The lowest BCUT2D eigenvalue weighted by atomic mass is 10.2. The number of alkyl halides is 2. The smallest absolute Gasteiger partial charge is 0.387 e. The van der Waals surface area contributed by atoms with Crippen molar-refractivity contribution in [2.24, 2.45) is 0 Å². The van der Waals surface area contributed by atoms with Gasteiger partial charge in [-0.1, -0.05) is 12.1 Å². The number of nitrogens with one attached hydrogen (secondary N) is 1. The molecule has 0 radical (unpaired) electrons. The van der Waals surface area contributed by atoms with E-state index in [0.29, 0.717) is 11.4 Å². The molecule has 2 aromatic carbocycles. The predicted molar refractivity (Wildman–Crippen MR) is 84.9 cm³/mol. The molecule has 0 bridgehead atoms. The molecule has 7 heteroatoms. The first-order chi connectivity index (χ1) is 11.5. The van der Waals surface area contributed by atoms with E-state index in [1.165, 1.54) is 25.3 Å². The lowest BCUT2D eigenvalue weighted by Gasteiger charge is -2.12. The van der Waals surface area contributed by atoms with Crippen LogP contribution in [0.1, 0.15) is 5.56 Å². The van der Waals surface area contributed by atoms with Gasteiger partial charge in [-0.3, -0.25) is 4.79 Å². The lowest BCUT2D eigenvalue weighted by molar-refractivity contribution is -0.118. The van der Waals surface area contributed by atoms with Crippen molar-refractivity contribution in [2.75, 3.05) is 19.0 Å². The van der Waals surface area contributed by atoms with Crippen LogP contribution in [-0.2, 0) is 4.79 Å². The molecule has 0 unspecified atom stereocenters. The van der Waals surface area contributed by atoms with Crippen LogP contribution in [0, 0.1) is 6.92 Å². The van der Waals surface area contributed by atoms with Crippen LogP contribution in [0.5, 0.6) is 17.2 Å². The second-order valence-corrected chi connectivity index (χ2v) is 4.90. The number of methoxy groups -OCH3 is 1. The fourth-order valence-electron chi connectivity index (χ4n) is 1.99. The summed E-state index contributed by atoms with van der Waals surface area (Å²) in [5.74, 6) is 0.125. The molecule has 0 fully saturated rings. The third-order valence-corrected chi connectivity index (χ3v) is 3.02. The van der Waals surface area contributed by atoms with Crippen LogP contribution in [0.25, 0.3) is 0 Å². The van der Waals surface area contributed by atoms with Gasteiger partial charge in [0, 0.05) is 11.8 Å². The first-order valence-corrected chi connectivity index (χ1v) is 7.10. The second kappa shape index (κ2) is 8.14. The summed E-state index contributed by atoms with van der Waals surface area (Å²) in [7, 11) is 1.33. The van der Waals surface area contributed by atoms with Gasteiger partial charge in [0.25, 0.3) is 5.91 Å². The van der Waals surface area contributed by atoms with E-state index in [9.17, 15) is 13.6 Å². The van der Waals surface area contributed by atoms with Gasteiger partial charge in [-0.25, -0.2) is 0 Å². The van der Waals surface area contributed by atoms with Crippen molar-refractivity contribution in [1.29, 1.82) is 0 Å². The Kier molecular flexibility index (Phi) is 5.95. The van der Waals surface area contributed by atoms with Gasteiger partial charge < -0.3 is 19.5 Å². The third kappa shape index (κ3) is 5.12. The Hall–Kier alpha value is -2.83. The zero-order valence-corrected chi connectivity index (χ0v) is 13.2. The molecule has 1 N–H and O–H groups in total. The van der Waals surface area contributed by atoms with Crippen LogP contribution in [0.15, 0.2) is 42.5 Å². The van der Waals surface area contributed by atoms with Gasteiger partial charge in [-0.15, -0.1) is 0 Å². The Labute approximate surface area is 138 Å². The maximum Gasteiger partial charge on any atom is 0.387 e. The van der Waals surface area contributed by atoms with Crippen molar-refractivity contribution >= 4 is 11.6 Å². The van der Waals surface area contributed by atoms with Gasteiger partial charge in [-0.05, 0) is 36.8 Å². The van der Waals surface area contributed by atoms with Gasteiger partial charge in [0.1, 0.15) is 5.75 Å². The quantitative estimate of drug-likeness (QED) is 0.838. The van der Waals surface area contributed by atoms with Crippen LogP contribution >= 0.6 is 0 Å². The summed E-state index contributed by atoms with van der Waals surface area (Å²) >= 11 is 0. The van der Waals surface area contributed by atoms with Crippen molar-refractivity contribution in [3.05, 3.63) is 48.0 Å². The zero-order valence-electron chi connectivity index (χ0n) is 13.2. The van der Waals surface area contributed by atoms with Crippen molar-refractivity contribution in [3.63, 3.8) is 0 Å². The Morgan fingerprint density at radius 1 is 1.17 bits per heavy atom. The maximum absolute atomic E-state index is 12.4. The monoisotopic (exact) mass is 337 g/mol. The average Bonchev–Trinajstić information content (AvgIpc) is 2.53. The number of carbonyl (C=O) groups is 1. The Morgan fingerprint density at radius 2 is 1.96 bits per heavy atom. The van der Waals surface area contributed by atoms with Crippen LogP contribution in [0.3, 0.4) is 0 Å². The van der Waals surface area contributed by atoms with Crippen LogP contribution in [0.2, 0.25) is 0 Å². The minimum Gasteiger partial charge on any atom is -0.493 e. The highest BCUT2D eigenvalue weighted by molar-refractivity contribution is 5.92. The molecule has 0 heterocycles. The number of benzene rings is 2. The first kappa shape index (κ1) is 17.5. The summed E-state index contributed by atoms with van der Waals surface area (Å²) in [5.41, 5.74) is 1.31. The summed E-state index contributed by atoms with van der Waals surface area (Å²) in [6, 6.07) is 11.5. The van der Waals surface area contributed by atoms with Gasteiger partial charge in [0.15, 0.2) is 18.1 Å². The van der Waals surface area contributed by atoms with Crippen LogP contribution < -0.4 is 19.5 Å². The number of anilines is 1. The highest BCUT2D eigenvalue weighted by atomic mass is 19.3. The molecular weight excluding hydrogens is 320 g/mol. The van der Waals surface area contributed by atoms with Gasteiger partial charge in [-0.2, -0.15) is 8.78 Å². The molecule has 24 heavy (non-hydrogen) atoms. The number of hydrogen-bond acceptors (Lipinski definition) is 4. The van der Waals surface area contributed by atoms with E-state index in [1.54, 1.807) is 12.1 Å². The Bertz CT molecular complexity index is 707. The number of amides is 1. The standard InChI is InChI=1S/C17H17F2NO4/c1-11-4-3-5-13(8-11)23-10-16(21)20-12-6-7-14(22-2)15(9-12)24-17(18)19/h3-9,17H,10H2,1-2H3,(H,20,21). The molecule has 0 atom stereocenters. The number of carbonyl (C=O) groups excluding carboxylic acids is 1. The van der Waals surface area contributed by atoms with E-state index in [1.807, 2.05) is 19.1 Å². The summed E-state index contributed by atoms with van der Waals surface area (Å²) < 4.78 is 39.4. The molecule has 0 aromatic heterocycles. The minimum atomic E-state index is -2.99. The molecule has 2 rings (SSSR count). The maximum atomic E-state index is 12.4. The molecule has 0 aliphatic carbocycles. The molecular formula is C17H17F2NO4. The van der Waals surface area contributed by atoms with Crippen molar-refractivity contribution in [2.45, 2.75) is 13.5 Å². The topological polar surface area (TPSA) is 56.8 Å². The van der Waals surface area contributed by atoms with E-state index in [0.717, 1.165) is 5.56 Å². The van der Waals surface area contributed by atoms with E-state index in [2.05, 4.69) is 10.1 Å². The largest absolute Gasteiger partial charge is 0.493 e. The number of rotatable bonds is 7. The fourth-order valence-corrected chi connectivity index (χ4v) is 1.99. The second-order valence-electron chi connectivity index (χ2n) is 4.90. The normalized spacial score (nSPS) is 10.4. The minimum absolute atomic E-state index is 0.143. The van der Waals surface area contributed by atoms with Crippen LogP contribution in [0.4, 0.5) is 14.5 Å². The van der Waals surface area contributed by atoms with E-state index < -0.39 is 12.5 Å². The van der Waals surface area contributed by atoms with E-state index in [-0.39, 0.29) is 18.1 Å². The molecule has 0 spiro atoms. The number of hydrogen-bond donors (Lipinski definition) is 1. The Morgan fingerprint density at radius 3 is 2.62 bits per heavy atom. The molecule has 2 aromatic rings. The van der Waals surface area contributed by atoms with Crippen molar-refractivity contribution < 1.29 is 27.8 Å². The summed E-state index contributed by atoms with van der Waals surface area (Å²) in [4.78, 5) is 11.9. The van der Waals surface area contributed by atoms with Crippen molar-refractivity contribution in [3.8, 4) is 17.2 Å². The first-order valence-electron chi connectivity index (χ1n) is 7.10. The SMILES string of the molecule is COc1ccc(NC(=O)COc2cccc(C)c2)cc1OC(F)F. The van der Waals surface area contributed by atoms with Gasteiger partial charge in [0.2, 0.25) is 0 Å². The lowest BCUT2D eigenvalue weighted by Crippen LogP contribution is -2.20. The number of ether oxygens (including phenoxy) is 3. The number of halogens is 2. The van der Waals surface area contributed by atoms with Crippen molar-refractivity contribution in [1.82, 2.24) is 0 Å². The summed E-state index contributed by atoms with van der Waals surface area (Å²) in [6.45, 7) is -1.29. The molecule has 128 valence electrons. The highest BCUT2D eigenvalue weighted by Gasteiger charge is 2.12. The molecule has 0 aliphatic rings.